The van der Waals surface area contributed by atoms with Crippen molar-refractivity contribution in [1.29, 1.82) is 0 Å². The van der Waals surface area contributed by atoms with E-state index in [9.17, 15) is 9.59 Å². The van der Waals surface area contributed by atoms with Crippen molar-refractivity contribution in [3.63, 3.8) is 0 Å². The van der Waals surface area contributed by atoms with E-state index in [4.69, 9.17) is 16.7 Å². The molecule has 0 bridgehead atoms. The van der Waals surface area contributed by atoms with E-state index >= 15 is 0 Å². The van der Waals surface area contributed by atoms with Crippen LogP contribution in [0.4, 0.5) is 0 Å². The van der Waals surface area contributed by atoms with Crippen molar-refractivity contribution < 1.29 is 14.7 Å². The molecule has 2 rings (SSSR count). The summed E-state index contributed by atoms with van der Waals surface area (Å²) in [7, 11) is 0. The van der Waals surface area contributed by atoms with Crippen molar-refractivity contribution in [1.82, 2.24) is 9.88 Å². The molecular formula is C12H13ClN2O3. The number of pyridine rings is 1. The van der Waals surface area contributed by atoms with Gasteiger partial charge in [-0.2, -0.15) is 0 Å². The van der Waals surface area contributed by atoms with Crippen LogP contribution in [-0.2, 0) is 16.1 Å². The zero-order valence-electron chi connectivity index (χ0n) is 9.67. The molecule has 1 unspecified atom stereocenters. The minimum absolute atomic E-state index is 0.0274. The molecule has 6 heteroatoms. The van der Waals surface area contributed by atoms with Gasteiger partial charge in [0.25, 0.3) is 0 Å². The molecule has 1 aliphatic rings. The number of likely N-dealkylation sites (tertiary alicyclic amines) is 1. The molecule has 1 aliphatic heterocycles. The lowest BCUT2D eigenvalue weighted by molar-refractivity contribution is -0.147. The number of carboxylic acids is 1. The molecule has 0 spiro atoms. The van der Waals surface area contributed by atoms with Crippen LogP contribution < -0.4 is 0 Å². The third-order valence-corrected chi connectivity index (χ3v) is 3.41. The summed E-state index contributed by atoms with van der Waals surface area (Å²) in [6.07, 6.45) is 3.80. The predicted molar refractivity (Wildman–Crippen MR) is 65.0 cm³/mol. The van der Waals surface area contributed by atoms with Gasteiger partial charge < -0.3 is 10.0 Å². The molecule has 0 saturated carbocycles. The summed E-state index contributed by atoms with van der Waals surface area (Å²) in [6, 6.07) is 1.74. The Labute approximate surface area is 109 Å². The summed E-state index contributed by atoms with van der Waals surface area (Å²) in [5.41, 5.74) is 0.783. The highest BCUT2D eigenvalue weighted by atomic mass is 35.5. The third-order valence-electron chi connectivity index (χ3n) is 3.07. The Hall–Kier alpha value is -1.62. The maximum absolute atomic E-state index is 11.8. The van der Waals surface area contributed by atoms with Crippen molar-refractivity contribution in [2.45, 2.75) is 19.4 Å². The summed E-state index contributed by atoms with van der Waals surface area (Å²) in [5.74, 6) is -1.36. The zero-order valence-corrected chi connectivity index (χ0v) is 10.4. The lowest BCUT2D eigenvalue weighted by Gasteiger charge is -2.30. The average molecular weight is 269 g/mol. The number of hydrogen-bond acceptors (Lipinski definition) is 3. The third kappa shape index (κ3) is 2.79. The van der Waals surface area contributed by atoms with Gasteiger partial charge in [0.2, 0.25) is 5.91 Å². The van der Waals surface area contributed by atoms with Crippen molar-refractivity contribution in [3.05, 3.63) is 29.0 Å². The highest BCUT2D eigenvalue weighted by Gasteiger charge is 2.30. The lowest BCUT2D eigenvalue weighted by atomic mass is 9.97. The van der Waals surface area contributed by atoms with Gasteiger partial charge in [-0.1, -0.05) is 11.6 Å². The maximum atomic E-state index is 11.8. The van der Waals surface area contributed by atoms with Gasteiger partial charge in [0.1, 0.15) is 0 Å². The second-order valence-electron chi connectivity index (χ2n) is 4.32. The number of aliphatic carboxylic acids is 1. The van der Waals surface area contributed by atoms with Crippen LogP contribution in [0.5, 0.6) is 0 Å². The molecule has 2 heterocycles. The first-order chi connectivity index (χ1) is 8.58. The van der Waals surface area contributed by atoms with Crippen LogP contribution >= 0.6 is 11.6 Å². The fourth-order valence-electron chi connectivity index (χ4n) is 2.01. The van der Waals surface area contributed by atoms with Gasteiger partial charge in [0, 0.05) is 31.9 Å². The molecule has 1 amide bonds. The van der Waals surface area contributed by atoms with Crippen LogP contribution in [0.15, 0.2) is 18.5 Å². The van der Waals surface area contributed by atoms with Crippen molar-refractivity contribution in [2.75, 3.05) is 6.54 Å². The van der Waals surface area contributed by atoms with Crippen LogP contribution in [0.3, 0.4) is 0 Å². The molecule has 1 atom stereocenters. The van der Waals surface area contributed by atoms with Gasteiger partial charge in [-0.25, -0.2) is 0 Å². The van der Waals surface area contributed by atoms with Gasteiger partial charge in [0.15, 0.2) is 0 Å². The van der Waals surface area contributed by atoms with Crippen molar-refractivity contribution >= 4 is 23.5 Å². The number of carbonyl (C=O) groups excluding carboxylic acids is 1. The largest absolute Gasteiger partial charge is 0.481 e. The second-order valence-corrected chi connectivity index (χ2v) is 4.72. The molecule has 5 nitrogen and oxygen atoms in total. The Balaban J connectivity index is 2.10. The Morgan fingerprint density at radius 3 is 3.06 bits per heavy atom. The molecule has 1 aromatic rings. The van der Waals surface area contributed by atoms with E-state index in [-0.39, 0.29) is 18.9 Å². The van der Waals surface area contributed by atoms with Gasteiger partial charge in [-0.3, -0.25) is 14.6 Å². The first-order valence-corrected chi connectivity index (χ1v) is 6.04. The summed E-state index contributed by atoms with van der Waals surface area (Å²) in [4.78, 5) is 28.1. The first kappa shape index (κ1) is 12.8. The molecule has 96 valence electrons. The van der Waals surface area contributed by atoms with Gasteiger partial charge in [-0.15, -0.1) is 0 Å². The first-order valence-electron chi connectivity index (χ1n) is 5.67. The number of amides is 1. The summed E-state index contributed by atoms with van der Waals surface area (Å²) in [6.45, 7) is 0.580. The van der Waals surface area contributed by atoms with Crippen LogP contribution in [-0.4, -0.2) is 33.4 Å². The van der Waals surface area contributed by atoms with E-state index < -0.39 is 11.9 Å². The number of carboxylic acid groups (broad SMARTS) is 1. The molecule has 0 radical (unpaired) electrons. The average Bonchev–Trinajstić information content (AvgIpc) is 2.34. The monoisotopic (exact) mass is 268 g/mol. The minimum Gasteiger partial charge on any atom is -0.481 e. The summed E-state index contributed by atoms with van der Waals surface area (Å²) >= 11 is 5.97. The van der Waals surface area contributed by atoms with E-state index in [1.165, 1.54) is 6.20 Å². The molecule has 1 fully saturated rings. The van der Waals surface area contributed by atoms with Crippen LogP contribution in [0.25, 0.3) is 0 Å². The number of aromatic nitrogens is 1. The highest BCUT2D eigenvalue weighted by Crippen LogP contribution is 2.22. The van der Waals surface area contributed by atoms with Crippen molar-refractivity contribution in [3.8, 4) is 0 Å². The molecule has 1 N–H and O–H groups in total. The van der Waals surface area contributed by atoms with Crippen LogP contribution in [0, 0.1) is 5.92 Å². The number of carbonyl (C=O) groups is 2. The van der Waals surface area contributed by atoms with E-state index in [0.29, 0.717) is 18.0 Å². The number of rotatable bonds is 3. The number of halogens is 1. The lowest BCUT2D eigenvalue weighted by Crippen LogP contribution is -2.42. The molecule has 18 heavy (non-hydrogen) atoms. The van der Waals surface area contributed by atoms with Crippen LogP contribution in [0.1, 0.15) is 18.4 Å². The Kier molecular flexibility index (Phi) is 3.81. The second kappa shape index (κ2) is 5.35. The number of nitrogens with zero attached hydrogens (tertiary/aromatic N) is 2. The fraction of sp³-hybridized carbons (Fsp3) is 0.417. The van der Waals surface area contributed by atoms with Crippen molar-refractivity contribution in [2.24, 2.45) is 5.92 Å². The van der Waals surface area contributed by atoms with E-state index in [1.807, 2.05) is 0 Å². The standard InChI is InChI=1S/C12H13ClN2O3/c13-10-5-14-4-3-8(10)6-15-7-9(12(17)18)1-2-11(15)16/h3-5,9H,1-2,6-7H2,(H,17,18). The van der Waals surface area contributed by atoms with E-state index in [0.717, 1.165) is 5.56 Å². The quantitative estimate of drug-likeness (QED) is 0.903. The SMILES string of the molecule is O=C(O)C1CCC(=O)N(Cc2ccncc2Cl)C1. The molecule has 0 aliphatic carbocycles. The number of hydrogen-bond donors (Lipinski definition) is 1. The van der Waals surface area contributed by atoms with E-state index in [2.05, 4.69) is 4.98 Å². The molecule has 1 aromatic heterocycles. The van der Waals surface area contributed by atoms with Gasteiger partial charge in [-0.05, 0) is 18.1 Å². The maximum Gasteiger partial charge on any atom is 0.308 e. The smallest absolute Gasteiger partial charge is 0.308 e. The topological polar surface area (TPSA) is 70.5 Å². The fourth-order valence-corrected chi connectivity index (χ4v) is 2.19. The summed E-state index contributed by atoms with van der Waals surface area (Å²) < 4.78 is 0. The molecule has 0 aromatic carbocycles. The van der Waals surface area contributed by atoms with E-state index in [1.54, 1.807) is 17.2 Å². The predicted octanol–water partition coefficient (Wildman–Crippen LogP) is 1.56. The Bertz CT molecular complexity index is 478. The molecular weight excluding hydrogens is 256 g/mol. The van der Waals surface area contributed by atoms with Gasteiger partial charge >= 0.3 is 5.97 Å². The Morgan fingerprint density at radius 2 is 2.39 bits per heavy atom. The normalized spacial score (nSPS) is 19.9. The summed E-state index contributed by atoms with van der Waals surface area (Å²) in [5, 5.41) is 9.48. The number of piperidine rings is 1. The molecule has 1 saturated heterocycles. The highest BCUT2D eigenvalue weighted by molar-refractivity contribution is 6.31. The van der Waals surface area contributed by atoms with Gasteiger partial charge in [0.05, 0.1) is 10.9 Å². The zero-order chi connectivity index (χ0) is 13.1. The Morgan fingerprint density at radius 1 is 1.61 bits per heavy atom. The van der Waals surface area contributed by atoms with Crippen LogP contribution in [0.2, 0.25) is 5.02 Å². The minimum atomic E-state index is -0.853.